The number of benzene rings is 2. The molecule has 3 nitrogen and oxygen atoms in total. The molecule has 0 aliphatic carbocycles. The topological polar surface area (TPSA) is 38.5 Å². The Morgan fingerprint density at radius 3 is 2.90 bits per heavy atom. The average Bonchev–Trinajstić information content (AvgIpc) is 2.48. The summed E-state index contributed by atoms with van der Waals surface area (Å²) in [5.41, 5.74) is 12.2. The summed E-state index contributed by atoms with van der Waals surface area (Å²) in [7, 11) is 1.73. The Morgan fingerprint density at radius 2 is 2.10 bits per heavy atom. The molecule has 0 radical (unpaired) electrons. The number of nitrogens with zero attached hydrogens (tertiary/aromatic N) is 1. The smallest absolute Gasteiger partial charge is 0.123 e. The summed E-state index contributed by atoms with van der Waals surface area (Å²) in [6, 6.07) is 12.6. The molecule has 3 rings (SSSR count). The normalized spacial score (nSPS) is 14.8. The van der Waals surface area contributed by atoms with Crippen molar-refractivity contribution >= 4 is 5.69 Å². The van der Waals surface area contributed by atoms with Crippen molar-refractivity contribution in [1.29, 1.82) is 0 Å². The first-order valence-corrected chi connectivity index (χ1v) is 7.39. The highest BCUT2D eigenvalue weighted by Gasteiger charge is 2.19. The first-order chi connectivity index (χ1) is 10.2. The van der Waals surface area contributed by atoms with Gasteiger partial charge in [-0.05, 0) is 36.6 Å². The molecular formula is C18H22N2O. The highest BCUT2D eigenvalue weighted by atomic mass is 16.5. The second-order valence-electron chi connectivity index (χ2n) is 5.76. The van der Waals surface area contributed by atoms with Gasteiger partial charge in [-0.25, -0.2) is 0 Å². The van der Waals surface area contributed by atoms with Crippen LogP contribution in [0.25, 0.3) is 0 Å². The van der Waals surface area contributed by atoms with Crippen molar-refractivity contribution in [3.63, 3.8) is 0 Å². The van der Waals surface area contributed by atoms with Gasteiger partial charge in [-0.3, -0.25) is 4.90 Å². The Hall–Kier alpha value is -2.00. The van der Waals surface area contributed by atoms with Crippen molar-refractivity contribution in [2.24, 2.45) is 0 Å². The molecule has 21 heavy (non-hydrogen) atoms. The van der Waals surface area contributed by atoms with Crippen molar-refractivity contribution < 1.29 is 4.74 Å². The summed E-state index contributed by atoms with van der Waals surface area (Å²) in [5.74, 6) is 0.965. The Morgan fingerprint density at radius 1 is 1.24 bits per heavy atom. The molecule has 0 atom stereocenters. The van der Waals surface area contributed by atoms with E-state index >= 15 is 0 Å². The number of fused-ring (bicyclic) bond motifs is 1. The molecule has 0 saturated heterocycles. The van der Waals surface area contributed by atoms with E-state index in [0.717, 1.165) is 37.5 Å². The first-order valence-electron chi connectivity index (χ1n) is 7.39. The zero-order valence-corrected chi connectivity index (χ0v) is 12.7. The molecule has 110 valence electrons. The van der Waals surface area contributed by atoms with Gasteiger partial charge in [0.05, 0.1) is 7.11 Å². The molecule has 1 aliphatic heterocycles. The van der Waals surface area contributed by atoms with E-state index in [1.807, 2.05) is 12.1 Å². The number of aryl methyl sites for hydroxylation is 1. The van der Waals surface area contributed by atoms with Gasteiger partial charge in [-0.2, -0.15) is 0 Å². The van der Waals surface area contributed by atoms with Crippen molar-refractivity contribution in [3.8, 4) is 5.75 Å². The summed E-state index contributed by atoms with van der Waals surface area (Å²) < 4.78 is 5.48. The Bertz CT molecular complexity index is 652. The van der Waals surface area contributed by atoms with Crippen molar-refractivity contribution in [3.05, 3.63) is 58.7 Å². The van der Waals surface area contributed by atoms with Crippen LogP contribution in [0.1, 0.15) is 22.3 Å². The highest BCUT2D eigenvalue weighted by molar-refractivity contribution is 5.51. The summed E-state index contributed by atoms with van der Waals surface area (Å²) in [6.07, 6.45) is 1.06. The minimum atomic E-state index is 0.901. The minimum absolute atomic E-state index is 0.901. The van der Waals surface area contributed by atoms with E-state index in [1.165, 1.54) is 22.3 Å². The van der Waals surface area contributed by atoms with Gasteiger partial charge in [0.1, 0.15) is 5.75 Å². The third-order valence-electron chi connectivity index (χ3n) is 4.22. The third-order valence-corrected chi connectivity index (χ3v) is 4.22. The molecule has 0 spiro atoms. The number of hydrogen-bond donors (Lipinski definition) is 1. The number of hydrogen-bond acceptors (Lipinski definition) is 3. The second kappa shape index (κ2) is 5.78. The molecule has 0 amide bonds. The van der Waals surface area contributed by atoms with Crippen LogP contribution in [0.2, 0.25) is 0 Å². The number of methoxy groups -OCH3 is 1. The van der Waals surface area contributed by atoms with Crippen LogP contribution in [0, 0.1) is 6.92 Å². The minimum Gasteiger partial charge on any atom is -0.496 e. The Labute approximate surface area is 126 Å². The average molecular weight is 282 g/mol. The quantitative estimate of drug-likeness (QED) is 0.879. The SMILES string of the molecule is COc1ccc(C)cc1CN1CCc2cccc(N)c2C1. The van der Waals surface area contributed by atoms with E-state index in [9.17, 15) is 0 Å². The lowest BCUT2D eigenvalue weighted by Crippen LogP contribution is -2.30. The molecule has 0 aromatic heterocycles. The lowest BCUT2D eigenvalue weighted by atomic mass is 9.97. The van der Waals surface area contributed by atoms with Gasteiger partial charge in [0.25, 0.3) is 0 Å². The zero-order valence-electron chi connectivity index (χ0n) is 12.7. The summed E-state index contributed by atoms with van der Waals surface area (Å²) >= 11 is 0. The number of rotatable bonds is 3. The molecule has 0 unspecified atom stereocenters. The van der Waals surface area contributed by atoms with Gasteiger partial charge >= 0.3 is 0 Å². The molecule has 1 heterocycles. The highest BCUT2D eigenvalue weighted by Crippen LogP contribution is 2.27. The van der Waals surface area contributed by atoms with Gasteiger partial charge in [0, 0.05) is 30.9 Å². The van der Waals surface area contributed by atoms with E-state index in [4.69, 9.17) is 10.5 Å². The van der Waals surface area contributed by atoms with E-state index in [2.05, 4.69) is 36.1 Å². The van der Waals surface area contributed by atoms with E-state index in [1.54, 1.807) is 7.11 Å². The van der Waals surface area contributed by atoms with Gasteiger partial charge in [-0.1, -0.05) is 29.8 Å². The zero-order chi connectivity index (χ0) is 14.8. The van der Waals surface area contributed by atoms with Crippen LogP contribution in [-0.2, 0) is 19.5 Å². The van der Waals surface area contributed by atoms with Crippen LogP contribution < -0.4 is 10.5 Å². The number of anilines is 1. The number of nitrogens with two attached hydrogens (primary N) is 1. The fourth-order valence-electron chi connectivity index (χ4n) is 3.07. The van der Waals surface area contributed by atoms with Crippen LogP contribution >= 0.6 is 0 Å². The molecule has 0 saturated carbocycles. The first kappa shape index (κ1) is 14.0. The van der Waals surface area contributed by atoms with Crippen molar-refractivity contribution in [1.82, 2.24) is 4.90 Å². The Kier molecular flexibility index (Phi) is 3.84. The van der Waals surface area contributed by atoms with E-state index in [-0.39, 0.29) is 0 Å². The van der Waals surface area contributed by atoms with Crippen LogP contribution in [0.5, 0.6) is 5.75 Å². The van der Waals surface area contributed by atoms with E-state index < -0.39 is 0 Å². The lowest BCUT2D eigenvalue weighted by Gasteiger charge is -2.30. The lowest BCUT2D eigenvalue weighted by molar-refractivity contribution is 0.242. The number of nitrogen functional groups attached to an aromatic ring is 1. The summed E-state index contributed by atoms with van der Waals surface area (Å²) in [6.45, 7) is 5.00. The largest absolute Gasteiger partial charge is 0.496 e. The monoisotopic (exact) mass is 282 g/mol. The van der Waals surface area contributed by atoms with Gasteiger partial charge in [0.2, 0.25) is 0 Å². The molecular weight excluding hydrogens is 260 g/mol. The molecule has 2 aromatic rings. The Balaban J connectivity index is 1.81. The predicted molar refractivity (Wildman–Crippen MR) is 86.4 cm³/mol. The molecule has 0 fully saturated rings. The van der Waals surface area contributed by atoms with Crippen molar-refractivity contribution in [2.75, 3.05) is 19.4 Å². The second-order valence-corrected chi connectivity index (χ2v) is 5.76. The van der Waals surface area contributed by atoms with Gasteiger partial charge in [0.15, 0.2) is 0 Å². The molecule has 2 aromatic carbocycles. The summed E-state index contributed by atoms with van der Waals surface area (Å²) in [5, 5.41) is 0. The van der Waals surface area contributed by atoms with Crippen molar-refractivity contribution in [2.45, 2.75) is 26.4 Å². The van der Waals surface area contributed by atoms with Crippen LogP contribution in [-0.4, -0.2) is 18.6 Å². The predicted octanol–water partition coefficient (Wildman–Crippen LogP) is 3.14. The molecule has 3 heteroatoms. The maximum absolute atomic E-state index is 6.13. The molecule has 0 bridgehead atoms. The van der Waals surface area contributed by atoms with Crippen LogP contribution in [0.4, 0.5) is 5.69 Å². The van der Waals surface area contributed by atoms with E-state index in [0.29, 0.717) is 0 Å². The maximum Gasteiger partial charge on any atom is 0.123 e. The fourth-order valence-corrected chi connectivity index (χ4v) is 3.07. The van der Waals surface area contributed by atoms with Crippen LogP contribution in [0.15, 0.2) is 36.4 Å². The molecule has 1 aliphatic rings. The molecule has 2 N–H and O–H groups in total. The van der Waals surface area contributed by atoms with Gasteiger partial charge < -0.3 is 10.5 Å². The fraction of sp³-hybridized carbons (Fsp3) is 0.333. The summed E-state index contributed by atoms with van der Waals surface area (Å²) in [4.78, 5) is 2.44. The van der Waals surface area contributed by atoms with Crippen LogP contribution in [0.3, 0.4) is 0 Å². The third kappa shape index (κ3) is 2.88. The number of ether oxygens (including phenoxy) is 1. The standard InChI is InChI=1S/C18H22N2O/c1-13-6-7-18(21-2)15(10-13)11-20-9-8-14-4-3-5-17(19)16(14)12-20/h3-7,10H,8-9,11-12,19H2,1-2H3. The van der Waals surface area contributed by atoms with Gasteiger partial charge in [-0.15, -0.1) is 0 Å². The maximum atomic E-state index is 6.13.